The number of carbonyl (C=O) groups is 2. The van der Waals surface area contributed by atoms with E-state index >= 15 is 0 Å². The maximum absolute atomic E-state index is 13.4. The molecule has 0 saturated carbocycles. The fourth-order valence-corrected chi connectivity index (χ4v) is 2.28. The number of nitrogens with one attached hydrogen (secondary N) is 1. The summed E-state index contributed by atoms with van der Waals surface area (Å²) in [4.78, 5) is 26.6. The van der Waals surface area contributed by atoms with Crippen molar-refractivity contribution in [3.05, 3.63) is 48.2 Å². The topological polar surface area (TPSA) is 96.0 Å². The van der Waals surface area contributed by atoms with Crippen LogP contribution in [0.25, 0.3) is 0 Å². The van der Waals surface area contributed by atoms with Gasteiger partial charge in [0.1, 0.15) is 18.1 Å². The van der Waals surface area contributed by atoms with Crippen molar-refractivity contribution in [3.63, 3.8) is 0 Å². The molecule has 0 aliphatic rings. The van der Waals surface area contributed by atoms with Gasteiger partial charge in [-0.05, 0) is 54.9 Å². The van der Waals surface area contributed by atoms with Crippen molar-refractivity contribution in [2.45, 2.75) is 18.4 Å². The van der Waals surface area contributed by atoms with Crippen LogP contribution in [0.3, 0.4) is 0 Å². The Kier molecular flexibility index (Phi) is 8.16. The number of hydrogen-bond acceptors (Lipinski definition) is 7. The normalized spacial score (nSPS) is 11.9. The van der Waals surface area contributed by atoms with Crippen LogP contribution in [0, 0.1) is 0 Å². The molecular weight excluding hydrogens is 426 g/mol. The van der Waals surface area contributed by atoms with Crippen molar-refractivity contribution < 1.29 is 37.3 Å². The number of ether oxygens (including phenoxy) is 4. The largest absolute Gasteiger partial charge is 0.479 e. The number of esters is 1. The first-order valence-corrected chi connectivity index (χ1v) is 9.03. The number of rotatable bonds is 9. The van der Waals surface area contributed by atoms with Crippen LogP contribution >= 0.6 is 11.6 Å². The lowest BCUT2D eigenvalue weighted by Crippen LogP contribution is -2.31. The van der Waals surface area contributed by atoms with E-state index in [1.54, 1.807) is 0 Å². The second-order valence-corrected chi connectivity index (χ2v) is 6.25. The molecule has 8 nitrogen and oxygen atoms in total. The minimum atomic E-state index is -3.63. The monoisotopic (exact) mass is 444 g/mol. The Bertz CT molecular complexity index is 861. The number of amides is 1. The minimum absolute atomic E-state index is 0.0496. The molecule has 0 fully saturated rings. The molecule has 11 heteroatoms. The molecular formula is C19H19ClF2N2O6. The summed E-state index contributed by atoms with van der Waals surface area (Å²) in [5, 5.41) is -1.27. The van der Waals surface area contributed by atoms with Crippen LogP contribution in [0.1, 0.15) is 12.5 Å². The van der Waals surface area contributed by atoms with E-state index in [1.165, 1.54) is 50.6 Å². The van der Waals surface area contributed by atoms with Crippen LogP contribution in [0.2, 0.25) is 0 Å². The molecule has 1 N–H and O–H groups in total. The molecule has 0 bridgehead atoms. The number of halogens is 3. The number of alkyl carbamates (subject to hydrolysis) is 1. The second-order valence-electron chi connectivity index (χ2n) is 5.77. The standard InChI is InChI=1S/C19H19ClF2N2O6/c1-12(17(25)28-11-10-24-18(26)27-2)29-13-5-7-14(8-6-13)30-16-15(19(20,21)22)4-3-9-23-16/h3-9,12H,10-11H2,1-2H3,(H,24,26). The minimum Gasteiger partial charge on any atom is -0.479 e. The Labute approximate surface area is 176 Å². The molecule has 2 aromatic rings. The lowest BCUT2D eigenvalue weighted by Gasteiger charge is -2.15. The second kappa shape index (κ2) is 10.6. The number of pyridine rings is 1. The fraction of sp³-hybridized carbons (Fsp3) is 0.316. The molecule has 162 valence electrons. The molecule has 0 aliphatic heterocycles. The highest BCUT2D eigenvalue weighted by molar-refractivity contribution is 6.22. The average Bonchev–Trinajstić information content (AvgIpc) is 2.71. The highest BCUT2D eigenvalue weighted by Crippen LogP contribution is 2.38. The van der Waals surface area contributed by atoms with E-state index in [0.717, 1.165) is 6.07 Å². The molecule has 1 amide bonds. The molecule has 1 aromatic carbocycles. The maximum atomic E-state index is 13.4. The van der Waals surface area contributed by atoms with Gasteiger partial charge in [0.15, 0.2) is 6.10 Å². The van der Waals surface area contributed by atoms with Gasteiger partial charge in [-0.2, -0.15) is 8.78 Å². The predicted octanol–water partition coefficient (Wildman–Crippen LogP) is 3.83. The van der Waals surface area contributed by atoms with Crippen molar-refractivity contribution in [1.29, 1.82) is 0 Å². The van der Waals surface area contributed by atoms with Gasteiger partial charge in [0.2, 0.25) is 5.88 Å². The Balaban J connectivity index is 1.89. The van der Waals surface area contributed by atoms with Crippen LogP contribution in [0.15, 0.2) is 42.6 Å². The van der Waals surface area contributed by atoms with Crippen LogP contribution in [-0.2, 0) is 19.6 Å². The predicted molar refractivity (Wildman–Crippen MR) is 102 cm³/mol. The van der Waals surface area contributed by atoms with Crippen LogP contribution in [0.5, 0.6) is 17.4 Å². The van der Waals surface area contributed by atoms with Crippen molar-refractivity contribution in [2.24, 2.45) is 0 Å². The van der Waals surface area contributed by atoms with E-state index in [1.807, 2.05) is 0 Å². The van der Waals surface area contributed by atoms with Crippen LogP contribution < -0.4 is 14.8 Å². The van der Waals surface area contributed by atoms with Gasteiger partial charge in [-0.25, -0.2) is 14.6 Å². The first-order valence-electron chi connectivity index (χ1n) is 8.66. The van der Waals surface area contributed by atoms with Gasteiger partial charge in [-0.3, -0.25) is 0 Å². The first kappa shape index (κ1) is 23.1. The zero-order chi connectivity index (χ0) is 22.1. The number of hydrogen-bond donors (Lipinski definition) is 1. The number of benzene rings is 1. The summed E-state index contributed by atoms with van der Waals surface area (Å²) in [7, 11) is 1.22. The van der Waals surface area contributed by atoms with Crippen molar-refractivity contribution >= 4 is 23.7 Å². The molecule has 0 radical (unpaired) electrons. The van der Waals surface area contributed by atoms with Gasteiger partial charge in [0, 0.05) is 6.20 Å². The van der Waals surface area contributed by atoms with Gasteiger partial charge in [0.05, 0.1) is 19.2 Å². The van der Waals surface area contributed by atoms with Gasteiger partial charge in [-0.15, -0.1) is 0 Å². The number of aromatic nitrogens is 1. The van der Waals surface area contributed by atoms with Gasteiger partial charge in [-0.1, -0.05) is 0 Å². The van der Waals surface area contributed by atoms with Crippen LogP contribution in [-0.4, -0.2) is 43.4 Å². The third-order valence-electron chi connectivity index (χ3n) is 3.56. The summed E-state index contributed by atoms with van der Waals surface area (Å²) in [6, 6.07) is 8.32. The molecule has 1 heterocycles. The Hall–Kier alpha value is -3.14. The van der Waals surface area contributed by atoms with E-state index in [-0.39, 0.29) is 24.8 Å². The summed E-state index contributed by atoms with van der Waals surface area (Å²) in [5.74, 6) is -0.427. The maximum Gasteiger partial charge on any atom is 0.406 e. The van der Waals surface area contributed by atoms with E-state index in [0.29, 0.717) is 5.75 Å². The van der Waals surface area contributed by atoms with Crippen molar-refractivity contribution in [2.75, 3.05) is 20.3 Å². The highest BCUT2D eigenvalue weighted by Gasteiger charge is 2.32. The summed E-state index contributed by atoms with van der Waals surface area (Å²) in [5.41, 5.74) is -0.565. The first-order chi connectivity index (χ1) is 14.2. The highest BCUT2D eigenvalue weighted by atomic mass is 35.5. The molecule has 0 saturated heterocycles. The van der Waals surface area contributed by atoms with Crippen molar-refractivity contribution in [3.8, 4) is 17.4 Å². The summed E-state index contributed by atoms with van der Waals surface area (Å²) >= 11 is 5.07. The third-order valence-corrected chi connectivity index (χ3v) is 3.76. The third kappa shape index (κ3) is 7.03. The number of alkyl halides is 3. The summed E-state index contributed by atoms with van der Waals surface area (Å²) in [6.45, 7) is 1.53. The van der Waals surface area contributed by atoms with Gasteiger partial charge < -0.3 is 24.3 Å². The lowest BCUT2D eigenvalue weighted by atomic mass is 10.2. The number of nitrogens with zero attached hydrogens (tertiary/aromatic N) is 1. The van der Waals surface area contributed by atoms with E-state index in [9.17, 15) is 18.4 Å². The Morgan fingerprint density at radius 2 is 1.87 bits per heavy atom. The molecule has 0 spiro atoms. The Morgan fingerprint density at radius 3 is 2.50 bits per heavy atom. The van der Waals surface area contributed by atoms with Crippen LogP contribution in [0.4, 0.5) is 13.6 Å². The SMILES string of the molecule is COC(=O)NCCOC(=O)C(C)Oc1ccc(Oc2ncccc2C(F)(F)Cl)cc1. The lowest BCUT2D eigenvalue weighted by molar-refractivity contribution is -0.150. The summed E-state index contributed by atoms with van der Waals surface area (Å²) < 4.78 is 47.0. The number of methoxy groups -OCH3 is 1. The van der Waals surface area contributed by atoms with E-state index in [2.05, 4.69) is 15.0 Å². The van der Waals surface area contributed by atoms with Gasteiger partial charge in [0.25, 0.3) is 0 Å². The smallest absolute Gasteiger partial charge is 0.406 e. The van der Waals surface area contributed by atoms with Crippen molar-refractivity contribution in [1.82, 2.24) is 10.3 Å². The molecule has 1 atom stereocenters. The summed E-state index contributed by atoms with van der Waals surface area (Å²) in [6.07, 6.45) is -0.259. The Morgan fingerprint density at radius 1 is 1.20 bits per heavy atom. The molecule has 1 aromatic heterocycles. The molecule has 30 heavy (non-hydrogen) atoms. The zero-order valence-corrected chi connectivity index (χ0v) is 16.8. The number of carbonyl (C=O) groups excluding carboxylic acids is 2. The van der Waals surface area contributed by atoms with E-state index in [4.69, 9.17) is 25.8 Å². The fourth-order valence-electron chi connectivity index (χ4n) is 2.13. The average molecular weight is 445 g/mol. The quantitative estimate of drug-likeness (QED) is 0.356. The molecule has 2 rings (SSSR count). The van der Waals surface area contributed by atoms with E-state index < -0.39 is 29.1 Å². The molecule has 1 unspecified atom stereocenters. The molecule has 0 aliphatic carbocycles. The van der Waals surface area contributed by atoms with Gasteiger partial charge >= 0.3 is 17.4 Å². The zero-order valence-electron chi connectivity index (χ0n) is 16.1.